The Balaban J connectivity index is 1.61. The number of hydrogen-bond acceptors (Lipinski definition) is 4. The van der Waals surface area contributed by atoms with Gasteiger partial charge in [-0.05, 0) is 26.8 Å². The lowest BCUT2D eigenvalue weighted by Crippen LogP contribution is -2.55. The monoisotopic (exact) mass is 342 g/mol. The van der Waals surface area contributed by atoms with Crippen LogP contribution in [0.5, 0.6) is 0 Å². The zero-order chi connectivity index (χ0) is 17.9. The van der Waals surface area contributed by atoms with Crippen molar-refractivity contribution in [3.63, 3.8) is 0 Å². The van der Waals surface area contributed by atoms with Gasteiger partial charge in [0.05, 0.1) is 18.9 Å². The number of aromatic amines is 1. The van der Waals surface area contributed by atoms with Crippen molar-refractivity contribution < 1.29 is 9.53 Å². The maximum absolute atomic E-state index is 12.4. The molecule has 2 heterocycles. The number of amides is 1. The van der Waals surface area contributed by atoms with Gasteiger partial charge in [0, 0.05) is 30.7 Å². The summed E-state index contributed by atoms with van der Waals surface area (Å²) >= 11 is 0. The van der Waals surface area contributed by atoms with Crippen LogP contribution in [0.15, 0.2) is 30.3 Å². The van der Waals surface area contributed by atoms with Crippen LogP contribution < -0.4 is 5.32 Å². The first-order chi connectivity index (χ1) is 12.0. The Morgan fingerprint density at radius 1 is 1.28 bits per heavy atom. The highest BCUT2D eigenvalue weighted by Crippen LogP contribution is 2.19. The smallest absolute Gasteiger partial charge is 0.269 e. The molecule has 1 saturated heterocycles. The number of nitrogens with one attached hydrogen (secondary N) is 2. The molecule has 0 spiro atoms. The molecule has 0 saturated carbocycles. The average molecular weight is 342 g/mol. The van der Waals surface area contributed by atoms with E-state index in [2.05, 4.69) is 34.3 Å². The highest BCUT2D eigenvalue weighted by molar-refractivity contribution is 5.93. The molecule has 1 aliphatic heterocycles. The molecule has 1 amide bonds. The first-order valence-corrected chi connectivity index (χ1v) is 8.69. The maximum atomic E-state index is 12.4. The zero-order valence-corrected chi connectivity index (χ0v) is 15.1. The molecular formula is C19H26N4O2. The van der Waals surface area contributed by atoms with Gasteiger partial charge < -0.3 is 10.1 Å². The topological polar surface area (TPSA) is 70.2 Å². The van der Waals surface area contributed by atoms with E-state index in [4.69, 9.17) is 4.74 Å². The highest BCUT2D eigenvalue weighted by atomic mass is 16.5. The molecule has 1 aromatic heterocycles. The number of aromatic nitrogens is 2. The summed E-state index contributed by atoms with van der Waals surface area (Å²) in [6, 6.07) is 9.88. The minimum Gasteiger partial charge on any atom is -0.379 e. The summed E-state index contributed by atoms with van der Waals surface area (Å²) in [5, 5.41) is 10.1. The van der Waals surface area contributed by atoms with E-state index >= 15 is 0 Å². The summed E-state index contributed by atoms with van der Waals surface area (Å²) in [5.41, 5.74) is 3.34. The van der Waals surface area contributed by atoms with Gasteiger partial charge in [0.25, 0.3) is 5.91 Å². The predicted molar refractivity (Wildman–Crippen MR) is 97.6 cm³/mol. The van der Waals surface area contributed by atoms with Gasteiger partial charge in [-0.1, -0.05) is 29.8 Å². The Labute approximate surface area is 148 Å². The Kier molecular flexibility index (Phi) is 5.20. The summed E-state index contributed by atoms with van der Waals surface area (Å²) < 4.78 is 5.40. The van der Waals surface area contributed by atoms with Crippen LogP contribution in [0, 0.1) is 6.92 Å². The Bertz CT molecular complexity index is 715. The number of ether oxygens (including phenoxy) is 1. The lowest BCUT2D eigenvalue weighted by Gasteiger charge is -2.40. The van der Waals surface area contributed by atoms with E-state index in [9.17, 15) is 4.79 Å². The van der Waals surface area contributed by atoms with Gasteiger partial charge in [-0.3, -0.25) is 14.8 Å². The van der Waals surface area contributed by atoms with Gasteiger partial charge in [-0.15, -0.1) is 0 Å². The number of morpholine rings is 1. The van der Waals surface area contributed by atoms with Crippen molar-refractivity contribution in [2.75, 3.05) is 32.8 Å². The van der Waals surface area contributed by atoms with Crippen LogP contribution in [-0.4, -0.2) is 59.4 Å². The summed E-state index contributed by atoms with van der Waals surface area (Å²) in [4.78, 5) is 14.8. The first-order valence-electron chi connectivity index (χ1n) is 8.69. The fraction of sp³-hybridized carbons (Fsp3) is 0.474. The van der Waals surface area contributed by atoms with Crippen molar-refractivity contribution in [3.8, 4) is 11.3 Å². The third kappa shape index (κ3) is 4.27. The highest BCUT2D eigenvalue weighted by Gasteiger charge is 2.28. The van der Waals surface area contributed by atoms with Crippen LogP contribution in [0.3, 0.4) is 0 Å². The Hall–Kier alpha value is -2.18. The quantitative estimate of drug-likeness (QED) is 0.874. The first kappa shape index (κ1) is 17.6. The molecule has 0 bridgehead atoms. The van der Waals surface area contributed by atoms with Gasteiger partial charge in [0.15, 0.2) is 0 Å². The van der Waals surface area contributed by atoms with Crippen LogP contribution >= 0.6 is 0 Å². The second-order valence-electron chi connectivity index (χ2n) is 7.13. The largest absolute Gasteiger partial charge is 0.379 e. The van der Waals surface area contributed by atoms with Crippen molar-refractivity contribution in [2.45, 2.75) is 26.3 Å². The molecule has 1 aromatic carbocycles. The third-order valence-corrected chi connectivity index (χ3v) is 4.72. The van der Waals surface area contributed by atoms with Crippen molar-refractivity contribution in [1.82, 2.24) is 20.4 Å². The minimum atomic E-state index is -0.132. The number of nitrogens with zero attached hydrogens (tertiary/aromatic N) is 2. The van der Waals surface area contributed by atoms with E-state index < -0.39 is 0 Å². The predicted octanol–water partition coefficient (Wildman–Crippen LogP) is 2.23. The van der Waals surface area contributed by atoms with Crippen molar-refractivity contribution in [2.24, 2.45) is 0 Å². The molecule has 0 unspecified atom stereocenters. The molecule has 0 aliphatic carbocycles. The molecular weight excluding hydrogens is 316 g/mol. The lowest BCUT2D eigenvalue weighted by molar-refractivity contribution is -0.00924. The van der Waals surface area contributed by atoms with E-state index in [1.807, 2.05) is 31.2 Å². The molecule has 2 aromatic rings. The van der Waals surface area contributed by atoms with Crippen LogP contribution in [0.4, 0.5) is 0 Å². The SMILES string of the molecule is Cc1ccc(-c2cc(C(=O)NCC(C)(C)N3CCOCC3)[nH]n2)cc1. The summed E-state index contributed by atoms with van der Waals surface area (Å²) in [6.07, 6.45) is 0. The summed E-state index contributed by atoms with van der Waals surface area (Å²) in [7, 11) is 0. The van der Waals surface area contributed by atoms with E-state index in [1.165, 1.54) is 5.56 Å². The second kappa shape index (κ2) is 7.37. The van der Waals surface area contributed by atoms with Crippen LogP contribution in [0.25, 0.3) is 11.3 Å². The number of rotatable bonds is 5. The number of benzene rings is 1. The van der Waals surface area contributed by atoms with Crippen LogP contribution in [0.1, 0.15) is 29.9 Å². The van der Waals surface area contributed by atoms with E-state index in [0.29, 0.717) is 12.2 Å². The Morgan fingerprint density at radius 2 is 1.96 bits per heavy atom. The van der Waals surface area contributed by atoms with Crippen molar-refractivity contribution >= 4 is 5.91 Å². The maximum Gasteiger partial charge on any atom is 0.269 e. The minimum absolute atomic E-state index is 0.112. The van der Waals surface area contributed by atoms with Gasteiger partial charge in [0.2, 0.25) is 0 Å². The van der Waals surface area contributed by atoms with Crippen LogP contribution in [-0.2, 0) is 4.74 Å². The fourth-order valence-electron chi connectivity index (χ4n) is 2.98. The second-order valence-corrected chi connectivity index (χ2v) is 7.13. The molecule has 134 valence electrons. The molecule has 1 aliphatic rings. The molecule has 1 fully saturated rings. The third-order valence-electron chi connectivity index (χ3n) is 4.72. The fourth-order valence-corrected chi connectivity index (χ4v) is 2.98. The van der Waals surface area contributed by atoms with Crippen LogP contribution in [0.2, 0.25) is 0 Å². The van der Waals surface area contributed by atoms with Gasteiger partial charge in [-0.2, -0.15) is 5.10 Å². The summed E-state index contributed by atoms with van der Waals surface area (Å²) in [6.45, 7) is 10.2. The normalized spacial score (nSPS) is 16.0. The molecule has 3 rings (SSSR count). The molecule has 6 heteroatoms. The van der Waals surface area contributed by atoms with Crippen molar-refractivity contribution in [1.29, 1.82) is 0 Å². The molecule has 0 radical (unpaired) electrons. The van der Waals surface area contributed by atoms with Crippen molar-refractivity contribution in [3.05, 3.63) is 41.6 Å². The average Bonchev–Trinajstić information content (AvgIpc) is 3.11. The van der Waals surface area contributed by atoms with E-state index in [0.717, 1.165) is 37.6 Å². The van der Waals surface area contributed by atoms with E-state index in [1.54, 1.807) is 6.07 Å². The van der Waals surface area contributed by atoms with Gasteiger partial charge >= 0.3 is 0 Å². The molecule has 25 heavy (non-hydrogen) atoms. The standard InChI is InChI=1S/C19H26N4O2/c1-14-4-6-15(7-5-14)16-12-17(22-21-16)18(24)20-13-19(2,3)23-8-10-25-11-9-23/h4-7,12H,8-11,13H2,1-3H3,(H,20,24)(H,21,22). The molecule has 6 nitrogen and oxygen atoms in total. The number of carbonyl (C=O) groups is 1. The number of aryl methyl sites for hydroxylation is 1. The van der Waals surface area contributed by atoms with Gasteiger partial charge in [-0.25, -0.2) is 0 Å². The number of hydrogen-bond donors (Lipinski definition) is 2. The number of H-pyrrole nitrogens is 1. The van der Waals surface area contributed by atoms with Gasteiger partial charge in [0.1, 0.15) is 5.69 Å². The summed E-state index contributed by atoms with van der Waals surface area (Å²) in [5.74, 6) is -0.132. The molecule has 0 atom stereocenters. The zero-order valence-electron chi connectivity index (χ0n) is 15.1. The lowest BCUT2D eigenvalue weighted by atomic mass is 10.0. The number of carbonyl (C=O) groups excluding carboxylic acids is 1. The molecule has 2 N–H and O–H groups in total. The Morgan fingerprint density at radius 3 is 2.64 bits per heavy atom. The van der Waals surface area contributed by atoms with E-state index in [-0.39, 0.29) is 11.4 Å².